The van der Waals surface area contributed by atoms with Gasteiger partial charge in [0.2, 0.25) is 0 Å². The molecule has 0 spiro atoms. The Kier molecular flexibility index (Phi) is 4.75. The molecule has 2 aliphatic carbocycles. The van der Waals surface area contributed by atoms with Gasteiger partial charge >= 0.3 is 0 Å². The van der Waals surface area contributed by atoms with Crippen molar-refractivity contribution in [3.63, 3.8) is 0 Å². The molecule has 0 saturated heterocycles. The van der Waals surface area contributed by atoms with Gasteiger partial charge in [-0.15, -0.1) is 6.58 Å². The van der Waals surface area contributed by atoms with Gasteiger partial charge in [-0.1, -0.05) is 23.8 Å². The van der Waals surface area contributed by atoms with Gasteiger partial charge in [0.1, 0.15) is 0 Å². The lowest BCUT2D eigenvalue weighted by molar-refractivity contribution is 0.0713. The largest absolute Gasteiger partial charge is 0.335 e. The number of carbonyl (C=O) groups excluding carboxylic acids is 1. The SMILES string of the molecule is C=CCn1cc(C(=O)N(C)C2CCCc3ncccc32)c2c(c1=O)CC(C)=C2. The van der Waals surface area contributed by atoms with E-state index in [9.17, 15) is 9.59 Å². The number of aryl methyl sites for hydroxylation is 1. The Labute approximate surface area is 165 Å². The van der Waals surface area contributed by atoms with Crippen molar-refractivity contribution >= 4 is 12.0 Å². The van der Waals surface area contributed by atoms with Gasteiger partial charge in [0, 0.05) is 37.2 Å². The van der Waals surface area contributed by atoms with E-state index in [1.807, 2.05) is 37.2 Å². The van der Waals surface area contributed by atoms with Crippen molar-refractivity contribution in [2.75, 3.05) is 7.05 Å². The van der Waals surface area contributed by atoms with Crippen molar-refractivity contribution in [3.8, 4) is 0 Å². The minimum atomic E-state index is -0.0540. The number of nitrogens with zero attached hydrogens (tertiary/aromatic N) is 3. The zero-order valence-electron chi connectivity index (χ0n) is 16.4. The Morgan fingerprint density at radius 3 is 3.07 bits per heavy atom. The molecule has 0 aromatic carbocycles. The van der Waals surface area contributed by atoms with Crippen LogP contribution in [0.15, 0.2) is 47.5 Å². The summed E-state index contributed by atoms with van der Waals surface area (Å²) in [5.41, 5.74) is 5.36. The number of aromatic nitrogens is 2. The van der Waals surface area contributed by atoms with E-state index in [4.69, 9.17) is 0 Å². The first-order valence-corrected chi connectivity index (χ1v) is 9.76. The van der Waals surface area contributed by atoms with Crippen LogP contribution in [0.5, 0.6) is 0 Å². The molecule has 4 rings (SSSR count). The minimum Gasteiger partial charge on any atom is -0.335 e. The van der Waals surface area contributed by atoms with Crippen molar-refractivity contribution in [1.82, 2.24) is 14.5 Å². The molecule has 2 aromatic rings. The van der Waals surface area contributed by atoms with Crippen LogP contribution in [0, 0.1) is 0 Å². The smallest absolute Gasteiger partial charge is 0.256 e. The number of fused-ring (bicyclic) bond motifs is 2. The standard InChI is InChI=1S/C23H25N3O2/c1-4-11-26-14-19(17-12-15(2)13-18(17)23(26)28)22(27)25(3)21-9-5-8-20-16(21)7-6-10-24-20/h4,6-7,10,12,14,21H,1,5,8-9,11,13H2,2-3H3. The summed E-state index contributed by atoms with van der Waals surface area (Å²) in [6, 6.07) is 4.01. The molecule has 28 heavy (non-hydrogen) atoms. The molecule has 0 bridgehead atoms. The van der Waals surface area contributed by atoms with E-state index in [-0.39, 0.29) is 17.5 Å². The third-order valence-corrected chi connectivity index (χ3v) is 5.79. The molecule has 1 unspecified atom stereocenters. The number of hydrogen-bond donors (Lipinski definition) is 0. The second kappa shape index (κ2) is 7.23. The molecule has 0 aliphatic heterocycles. The Bertz CT molecular complexity index is 1050. The number of rotatable bonds is 4. The van der Waals surface area contributed by atoms with Crippen LogP contribution in [0.3, 0.4) is 0 Å². The maximum Gasteiger partial charge on any atom is 0.256 e. The normalized spacial score (nSPS) is 17.5. The predicted molar refractivity (Wildman–Crippen MR) is 110 cm³/mol. The van der Waals surface area contributed by atoms with E-state index in [0.717, 1.165) is 41.7 Å². The lowest BCUT2D eigenvalue weighted by atomic mass is 9.90. The monoisotopic (exact) mass is 375 g/mol. The second-order valence-corrected chi connectivity index (χ2v) is 7.71. The first-order chi connectivity index (χ1) is 13.5. The average molecular weight is 375 g/mol. The zero-order valence-corrected chi connectivity index (χ0v) is 16.4. The quantitative estimate of drug-likeness (QED) is 0.768. The molecule has 0 saturated carbocycles. The molecule has 2 aliphatic rings. The molecular formula is C23H25N3O2. The van der Waals surface area contributed by atoms with Crippen LogP contribution in [-0.4, -0.2) is 27.4 Å². The number of amides is 1. The van der Waals surface area contributed by atoms with Crippen molar-refractivity contribution in [2.24, 2.45) is 0 Å². The van der Waals surface area contributed by atoms with Gasteiger partial charge in [-0.25, -0.2) is 0 Å². The molecule has 0 radical (unpaired) electrons. The van der Waals surface area contributed by atoms with Gasteiger partial charge in [-0.3, -0.25) is 14.6 Å². The molecule has 2 aromatic heterocycles. The van der Waals surface area contributed by atoms with Gasteiger partial charge < -0.3 is 9.47 Å². The fourth-order valence-electron chi connectivity index (χ4n) is 4.41. The lowest BCUT2D eigenvalue weighted by Gasteiger charge is -2.33. The summed E-state index contributed by atoms with van der Waals surface area (Å²) >= 11 is 0. The first kappa shape index (κ1) is 18.4. The van der Waals surface area contributed by atoms with E-state index < -0.39 is 0 Å². The molecule has 144 valence electrons. The third-order valence-electron chi connectivity index (χ3n) is 5.79. The van der Waals surface area contributed by atoms with Gasteiger partial charge in [0.15, 0.2) is 0 Å². The maximum atomic E-state index is 13.5. The number of pyridine rings is 2. The molecule has 0 N–H and O–H groups in total. The summed E-state index contributed by atoms with van der Waals surface area (Å²) in [6.07, 6.45) is 10.7. The van der Waals surface area contributed by atoms with Gasteiger partial charge in [0.25, 0.3) is 11.5 Å². The molecule has 1 atom stereocenters. The number of allylic oxidation sites excluding steroid dienone is 2. The Hall–Kier alpha value is -2.95. The summed E-state index contributed by atoms with van der Waals surface area (Å²) in [4.78, 5) is 32.6. The van der Waals surface area contributed by atoms with E-state index >= 15 is 0 Å². The molecule has 0 fully saturated rings. The fraction of sp³-hybridized carbons (Fsp3) is 0.348. The van der Waals surface area contributed by atoms with Crippen LogP contribution >= 0.6 is 0 Å². The highest BCUT2D eigenvalue weighted by Crippen LogP contribution is 2.34. The van der Waals surface area contributed by atoms with Crippen molar-refractivity contribution in [3.05, 3.63) is 81.1 Å². The molecule has 1 amide bonds. The summed E-state index contributed by atoms with van der Waals surface area (Å²) < 4.78 is 1.59. The van der Waals surface area contributed by atoms with Crippen LogP contribution in [-0.2, 0) is 19.4 Å². The van der Waals surface area contributed by atoms with Gasteiger partial charge in [0.05, 0.1) is 11.6 Å². The van der Waals surface area contributed by atoms with E-state index in [1.165, 1.54) is 0 Å². The molecule has 5 heteroatoms. The van der Waals surface area contributed by atoms with Gasteiger partial charge in [-0.2, -0.15) is 0 Å². The van der Waals surface area contributed by atoms with Crippen molar-refractivity contribution < 1.29 is 4.79 Å². The Morgan fingerprint density at radius 1 is 1.46 bits per heavy atom. The Balaban J connectivity index is 1.77. The summed E-state index contributed by atoms with van der Waals surface area (Å²) in [7, 11) is 1.86. The highest BCUT2D eigenvalue weighted by molar-refractivity contribution is 5.99. The van der Waals surface area contributed by atoms with Crippen molar-refractivity contribution in [1.29, 1.82) is 0 Å². The highest BCUT2D eigenvalue weighted by Gasteiger charge is 2.31. The maximum absolute atomic E-state index is 13.5. The second-order valence-electron chi connectivity index (χ2n) is 7.71. The fourth-order valence-corrected chi connectivity index (χ4v) is 4.41. The van der Waals surface area contributed by atoms with E-state index in [1.54, 1.807) is 16.8 Å². The zero-order chi connectivity index (χ0) is 19.8. The van der Waals surface area contributed by atoms with Crippen molar-refractivity contribution in [2.45, 2.75) is 45.2 Å². The number of carbonyl (C=O) groups is 1. The summed E-state index contributed by atoms with van der Waals surface area (Å²) in [6.45, 7) is 6.13. The van der Waals surface area contributed by atoms with E-state index in [0.29, 0.717) is 24.1 Å². The molecule has 2 heterocycles. The number of hydrogen-bond acceptors (Lipinski definition) is 3. The first-order valence-electron chi connectivity index (χ1n) is 9.76. The topological polar surface area (TPSA) is 55.2 Å². The average Bonchev–Trinajstić information content (AvgIpc) is 3.10. The highest BCUT2D eigenvalue weighted by atomic mass is 16.2. The predicted octanol–water partition coefficient (Wildman–Crippen LogP) is 3.54. The van der Waals surface area contributed by atoms with Crippen LogP contribution in [0.1, 0.15) is 58.5 Å². The van der Waals surface area contributed by atoms with Crippen LogP contribution in [0.25, 0.3) is 6.08 Å². The van der Waals surface area contributed by atoms with Crippen LogP contribution < -0.4 is 5.56 Å². The third kappa shape index (κ3) is 3.01. The molecular weight excluding hydrogens is 350 g/mol. The summed E-state index contributed by atoms with van der Waals surface area (Å²) in [5.74, 6) is -0.0540. The minimum absolute atomic E-state index is 0.00635. The summed E-state index contributed by atoms with van der Waals surface area (Å²) in [5, 5.41) is 0. The van der Waals surface area contributed by atoms with Crippen LogP contribution in [0.2, 0.25) is 0 Å². The Morgan fingerprint density at radius 2 is 2.29 bits per heavy atom. The molecule has 5 nitrogen and oxygen atoms in total. The van der Waals surface area contributed by atoms with E-state index in [2.05, 4.69) is 17.6 Å². The van der Waals surface area contributed by atoms with Crippen LogP contribution in [0.4, 0.5) is 0 Å². The van der Waals surface area contributed by atoms with Gasteiger partial charge in [-0.05, 0) is 49.8 Å². The lowest BCUT2D eigenvalue weighted by Crippen LogP contribution is -2.35.